The van der Waals surface area contributed by atoms with Crippen molar-refractivity contribution in [1.29, 1.82) is 0 Å². The van der Waals surface area contributed by atoms with Crippen molar-refractivity contribution in [1.82, 2.24) is 14.5 Å². The van der Waals surface area contributed by atoms with E-state index in [9.17, 15) is 4.79 Å². The van der Waals surface area contributed by atoms with E-state index in [0.29, 0.717) is 19.1 Å². The molecule has 0 aromatic carbocycles. The van der Waals surface area contributed by atoms with Crippen LogP contribution in [-0.4, -0.2) is 39.6 Å². The second-order valence-corrected chi connectivity index (χ2v) is 5.08. The van der Waals surface area contributed by atoms with E-state index < -0.39 is 0 Å². The summed E-state index contributed by atoms with van der Waals surface area (Å²) in [4.78, 5) is 18.4. The third-order valence-electron chi connectivity index (χ3n) is 3.72. The van der Waals surface area contributed by atoms with Crippen LogP contribution in [0.1, 0.15) is 38.4 Å². The summed E-state index contributed by atoms with van der Waals surface area (Å²) in [5.74, 6) is 0.968. The molecule has 1 fully saturated rings. The Balaban J connectivity index is 1.96. The van der Waals surface area contributed by atoms with Crippen LogP contribution >= 0.6 is 0 Å². The zero-order valence-corrected chi connectivity index (χ0v) is 11.8. The van der Waals surface area contributed by atoms with E-state index in [0.717, 1.165) is 25.3 Å². The highest BCUT2D eigenvalue weighted by Gasteiger charge is 2.26. The highest BCUT2D eigenvalue weighted by atomic mass is 16.5. The first-order chi connectivity index (χ1) is 9.20. The molecule has 1 aliphatic rings. The molecule has 0 radical (unpaired) electrons. The van der Waals surface area contributed by atoms with Gasteiger partial charge in [-0.25, -0.2) is 4.98 Å². The molecule has 1 aliphatic heterocycles. The van der Waals surface area contributed by atoms with Gasteiger partial charge >= 0.3 is 5.97 Å². The van der Waals surface area contributed by atoms with E-state index in [1.165, 1.54) is 12.8 Å². The molecule has 1 saturated heterocycles. The lowest BCUT2D eigenvalue weighted by atomic mass is 9.99. The molecule has 1 atom stereocenters. The van der Waals surface area contributed by atoms with Gasteiger partial charge in [0.05, 0.1) is 19.6 Å². The molecule has 5 nitrogen and oxygen atoms in total. The van der Waals surface area contributed by atoms with Gasteiger partial charge in [0.15, 0.2) is 0 Å². The van der Waals surface area contributed by atoms with Crippen molar-refractivity contribution < 1.29 is 9.53 Å². The molecule has 2 rings (SSSR count). The lowest BCUT2D eigenvalue weighted by Crippen LogP contribution is -2.41. The number of rotatable bonds is 5. The van der Waals surface area contributed by atoms with Gasteiger partial charge in [0.2, 0.25) is 0 Å². The number of aromatic nitrogens is 2. The summed E-state index contributed by atoms with van der Waals surface area (Å²) in [7, 11) is 2.01. The highest BCUT2D eigenvalue weighted by molar-refractivity contribution is 5.70. The van der Waals surface area contributed by atoms with Gasteiger partial charge in [0.25, 0.3) is 0 Å². The smallest absolute Gasteiger partial charge is 0.307 e. The predicted molar refractivity (Wildman–Crippen MR) is 72.5 cm³/mol. The fourth-order valence-electron chi connectivity index (χ4n) is 2.64. The van der Waals surface area contributed by atoms with Gasteiger partial charge in [-0.05, 0) is 26.3 Å². The average Bonchev–Trinajstić information content (AvgIpc) is 2.78. The summed E-state index contributed by atoms with van der Waals surface area (Å²) in [6.07, 6.45) is 7.74. The fraction of sp³-hybridized carbons (Fsp3) is 0.714. The molecule has 0 N–H and O–H groups in total. The van der Waals surface area contributed by atoms with E-state index in [1.54, 1.807) is 0 Å². The van der Waals surface area contributed by atoms with Gasteiger partial charge in [-0.15, -0.1) is 0 Å². The Labute approximate surface area is 114 Å². The summed E-state index contributed by atoms with van der Waals surface area (Å²) in [5.41, 5.74) is 0. The molecule has 5 heteroatoms. The summed E-state index contributed by atoms with van der Waals surface area (Å²) >= 11 is 0. The van der Waals surface area contributed by atoms with Crippen molar-refractivity contribution in [2.75, 3.05) is 13.2 Å². The molecule has 0 unspecified atom stereocenters. The van der Waals surface area contributed by atoms with E-state index in [1.807, 2.05) is 30.9 Å². The lowest BCUT2D eigenvalue weighted by Gasteiger charge is -2.34. The number of likely N-dealkylation sites (tertiary alicyclic amines) is 1. The van der Waals surface area contributed by atoms with Crippen molar-refractivity contribution in [3.05, 3.63) is 18.2 Å². The first-order valence-electron chi connectivity index (χ1n) is 7.06. The van der Waals surface area contributed by atoms with Gasteiger partial charge in [0.1, 0.15) is 5.82 Å². The summed E-state index contributed by atoms with van der Waals surface area (Å²) < 4.78 is 7.10. The molecule has 0 amide bonds. The van der Waals surface area contributed by atoms with Crippen LogP contribution in [0.15, 0.2) is 12.4 Å². The second-order valence-electron chi connectivity index (χ2n) is 5.08. The zero-order chi connectivity index (χ0) is 13.7. The zero-order valence-electron chi connectivity index (χ0n) is 11.8. The van der Waals surface area contributed by atoms with Gasteiger partial charge in [-0.2, -0.15) is 0 Å². The monoisotopic (exact) mass is 265 g/mol. The Bertz CT molecular complexity index is 417. The van der Waals surface area contributed by atoms with Crippen LogP contribution in [0.2, 0.25) is 0 Å². The molecular weight excluding hydrogens is 242 g/mol. The summed E-state index contributed by atoms with van der Waals surface area (Å²) in [6.45, 7) is 4.17. The van der Waals surface area contributed by atoms with Crippen LogP contribution in [0.5, 0.6) is 0 Å². The van der Waals surface area contributed by atoms with Crippen LogP contribution in [0, 0.1) is 0 Å². The third-order valence-corrected chi connectivity index (χ3v) is 3.72. The van der Waals surface area contributed by atoms with Crippen LogP contribution in [0.3, 0.4) is 0 Å². The predicted octanol–water partition coefficient (Wildman–Crippen LogP) is 1.73. The molecular formula is C14H23N3O2. The molecule has 19 heavy (non-hydrogen) atoms. The van der Waals surface area contributed by atoms with Gasteiger partial charge < -0.3 is 9.30 Å². The van der Waals surface area contributed by atoms with E-state index in [-0.39, 0.29) is 5.97 Å². The number of nitrogens with zero attached hydrogens (tertiary/aromatic N) is 3. The minimum Gasteiger partial charge on any atom is -0.466 e. The number of carbonyl (C=O) groups is 1. The van der Waals surface area contributed by atoms with Crippen molar-refractivity contribution in [2.45, 2.75) is 45.2 Å². The van der Waals surface area contributed by atoms with Crippen LogP contribution in [-0.2, 0) is 23.1 Å². The second kappa shape index (κ2) is 6.70. The molecule has 1 aromatic rings. The van der Waals surface area contributed by atoms with E-state index in [2.05, 4.69) is 9.88 Å². The molecule has 1 aromatic heterocycles. The van der Waals surface area contributed by atoms with Crippen molar-refractivity contribution in [2.24, 2.45) is 7.05 Å². The quantitative estimate of drug-likeness (QED) is 0.761. The Morgan fingerprint density at radius 1 is 1.53 bits per heavy atom. The van der Waals surface area contributed by atoms with Crippen LogP contribution in [0.25, 0.3) is 0 Å². The maximum absolute atomic E-state index is 11.7. The normalized spacial score (nSPS) is 20.4. The Morgan fingerprint density at radius 2 is 2.37 bits per heavy atom. The number of imidazole rings is 1. The minimum atomic E-state index is -0.0840. The SMILES string of the molecule is CCOC(=O)C[C@@H]1CCCCN1Cc1nccn1C. The summed E-state index contributed by atoms with van der Waals surface area (Å²) in [5, 5.41) is 0. The molecule has 0 bridgehead atoms. The third kappa shape index (κ3) is 3.80. The van der Waals surface area contributed by atoms with Crippen LogP contribution < -0.4 is 0 Å². The molecule has 2 heterocycles. The number of aryl methyl sites for hydroxylation is 1. The summed E-state index contributed by atoms with van der Waals surface area (Å²) in [6, 6.07) is 0.296. The minimum absolute atomic E-state index is 0.0840. The largest absolute Gasteiger partial charge is 0.466 e. The van der Waals surface area contributed by atoms with E-state index in [4.69, 9.17) is 4.74 Å². The molecule has 0 saturated carbocycles. The maximum atomic E-state index is 11.7. The molecule has 106 valence electrons. The number of piperidine rings is 1. The highest BCUT2D eigenvalue weighted by Crippen LogP contribution is 2.21. The topological polar surface area (TPSA) is 47.4 Å². The van der Waals surface area contributed by atoms with Crippen molar-refractivity contribution >= 4 is 5.97 Å². The number of hydrogen-bond acceptors (Lipinski definition) is 4. The maximum Gasteiger partial charge on any atom is 0.307 e. The van der Waals surface area contributed by atoms with Crippen molar-refractivity contribution in [3.63, 3.8) is 0 Å². The van der Waals surface area contributed by atoms with Gasteiger partial charge in [0, 0.05) is 25.5 Å². The van der Waals surface area contributed by atoms with Crippen LogP contribution in [0.4, 0.5) is 0 Å². The van der Waals surface area contributed by atoms with E-state index >= 15 is 0 Å². The number of esters is 1. The van der Waals surface area contributed by atoms with Crippen molar-refractivity contribution in [3.8, 4) is 0 Å². The fourth-order valence-corrected chi connectivity index (χ4v) is 2.64. The Morgan fingerprint density at radius 3 is 3.05 bits per heavy atom. The van der Waals surface area contributed by atoms with Gasteiger partial charge in [-0.1, -0.05) is 6.42 Å². The number of carbonyl (C=O) groups excluding carboxylic acids is 1. The number of ether oxygens (including phenoxy) is 1. The lowest BCUT2D eigenvalue weighted by molar-refractivity contribution is -0.145. The van der Waals surface area contributed by atoms with Gasteiger partial charge in [-0.3, -0.25) is 9.69 Å². The first-order valence-corrected chi connectivity index (χ1v) is 7.06. The molecule has 0 aliphatic carbocycles. The Kier molecular flexibility index (Phi) is 4.96. The standard InChI is InChI=1S/C14H23N3O2/c1-3-19-14(18)10-12-6-4-5-8-17(12)11-13-15-7-9-16(13)2/h7,9,12H,3-6,8,10-11H2,1-2H3/t12-/m0/s1. The average molecular weight is 265 g/mol. The Hall–Kier alpha value is -1.36. The molecule has 0 spiro atoms. The first kappa shape index (κ1) is 14.1. The number of hydrogen-bond donors (Lipinski definition) is 0.